The summed E-state index contributed by atoms with van der Waals surface area (Å²) in [5.41, 5.74) is 2.42. The van der Waals surface area contributed by atoms with Crippen molar-refractivity contribution >= 4 is 5.91 Å². The van der Waals surface area contributed by atoms with Crippen molar-refractivity contribution in [1.82, 2.24) is 9.80 Å². The Morgan fingerprint density at radius 3 is 2.50 bits per heavy atom. The van der Waals surface area contributed by atoms with Crippen LogP contribution in [0.3, 0.4) is 0 Å². The summed E-state index contributed by atoms with van der Waals surface area (Å²) in [5.74, 6) is 1.18. The highest BCUT2D eigenvalue weighted by molar-refractivity contribution is 5.80. The fraction of sp³-hybridized carbons (Fsp3) is 0.650. The highest BCUT2D eigenvalue weighted by Crippen LogP contribution is 2.43. The van der Waals surface area contributed by atoms with Crippen molar-refractivity contribution in [1.29, 1.82) is 0 Å². The van der Waals surface area contributed by atoms with E-state index in [1.54, 1.807) is 14.2 Å². The van der Waals surface area contributed by atoms with Crippen LogP contribution in [-0.2, 0) is 11.2 Å². The molecule has 3 atom stereocenters. The number of carbonyl (C=O) groups excluding carboxylic acids is 1. The van der Waals surface area contributed by atoms with Crippen molar-refractivity contribution in [3.8, 4) is 11.5 Å². The Hall–Kier alpha value is -1.79. The van der Waals surface area contributed by atoms with Gasteiger partial charge in [0.2, 0.25) is 5.91 Å². The first-order valence-electron chi connectivity index (χ1n) is 9.49. The molecule has 3 rings (SSSR count). The molecule has 0 unspecified atom stereocenters. The monoisotopic (exact) mass is 362 g/mol. The lowest BCUT2D eigenvalue weighted by molar-refractivity contribution is -0.144. The predicted molar refractivity (Wildman–Crippen MR) is 99.6 cm³/mol. The lowest BCUT2D eigenvalue weighted by atomic mass is 9.81. The molecule has 0 aromatic heterocycles. The third kappa shape index (κ3) is 3.28. The van der Waals surface area contributed by atoms with Crippen molar-refractivity contribution in [2.45, 2.75) is 38.8 Å². The number of aliphatic hydroxyl groups is 1. The van der Waals surface area contributed by atoms with Gasteiger partial charge in [-0.15, -0.1) is 0 Å². The van der Waals surface area contributed by atoms with Gasteiger partial charge in [0.15, 0.2) is 11.5 Å². The molecule has 0 saturated carbocycles. The summed E-state index contributed by atoms with van der Waals surface area (Å²) >= 11 is 0. The number of amides is 1. The molecule has 6 heteroatoms. The van der Waals surface area contributed by atoms with E-state index >= 15 is 0 Å². The van der Waals surface area contributed by atoms with Crippen LogP contribution < -0.4 is 9.47 Å². The minimum atomic E-state index is -0.622. The van der Waals surface area contributed by atoms with Crippen LogP contribution in [0.25, 0.3) is 0 Å². The fourth-order valence-corrected chi connectivity index (χ4v) is 4.35. The lowest BCUT2D eigenvalue weighted by Gasteiger charge is -2.46. The zero-order valence-electron chi connectivity index (χ0n) is 16.2. The average molecular weight is 362 g/mol. The van der Waals surface area contributed by atoms with Crippen LogP contribution in [0.5, 0.6) is 11.5 Å². The van der Waals surface area contributed by atoms with Crippen LogP contribution in [0.4, 0.5) is 0 Å². The molecule has 1 amide bonds. The molecular weight excluding hydrogens is 332 g/mol. The zero-order valence-corrected chi connectivity index (χ0v) is 16.2. The van der Waals surface area contributed by atoms with E-state index in [4.69, 9.17) is 9.47 Å². The average Bonchev–Trinajstić information content (AvgIpc) is 2.67. The summed E-state index contributed by atoms with van der Waals surface area (Å²) in [7, 11) is 3.28. The molecule has 2 aliphatic rings. The van der Waals surface area contributed by atoms with Gasteiger partial charge in [0.25, 0.3) is 0 Å². The van der Waals surface area contributed by atoms with Crippen LogP contribution >= 0.6 is 0 Å². The Labute approximate surface area is 155 Å². The molecule has 0 bridgehead atoms. The Kier molecular flexibility index (Phi) is 5.73. The smallest absolute Gasteiger partial charge is 0.229 e. The molecule has 1 aromatic rings. The summed E-state index contributed by atoms with van der Waals surface area (Å²) < 4.78 is 10.9. The minimum Gasteiger partial charge on any atom is -0.493 e. The van der Waals surface area contributed by atoms with Gasteiger partial charge in [0.1, 0.15) is 0 Å². The first kappa shape index (κ1) is 19.0. The number of piperidine rings is 1. The summed E-state index contributed by atoms with van der Waals surface area (Å²) in [6.45, 7) is 6.83. The van der Waals surface area contributed by atoms with Gasteiger partial charge in [0, 0.05) is 32.2 Å². The molecule has 0 radical (unpaired) electrons. The Morgan fingerprint density at radius 2 is 1.88 bits per heavy atom. The second-order valence-electron chi connectivity index (χ2n) is 7.09. The predicted octanol–water partition coefficient (Wildman–Crippen LogP) is 1.85. The molecular formula is C20H30N2O4. The van der Waals surface area contributed by atoms with E-state index in [2.05, 4.69) is 4.90 Å². The number of benzene rings is 1. The molecule has 1 saturated heterocycles. The summed E-state index contributed by atoms with van der Waals surface area (Å²) in [5, 5.41) is 10.7. The van der Waals surface area contributed by atoms with E-state index < -0.39 is 6.10 Å². The van der Waals surface area contributed by atoms with Gasteiger partial charge < -0.3 is 19.5 Å². The third-order valence-electron chi connectivity index (χ3n) is 5.87. The van der Waals surface area contributed by atoms with E-state index in [0.717, 1.165) is 18.7 Å². The molecule has 6 nitrogen and oxygen atoms in total. The summed E-state index contributed by atoms with van der Waals surface area (Å²) in [6.07, 6.45) is 0.859. The number of carbonyl (C=O) groups is 1. The van der Waals surface area contributed by atoms with Gasteiger partial charge in [-0.05, 0) is 49.9 Å². The first-order chi connectivity index (χ1) is 12.5. The SMILES string of the molecule is CCN(CC)C(=O)[C@@H]1CN2CCc3cc(OC)c(OC)cc3[C@H]2C[C@H]1O. The van der Waals surface area contributed by atoms with Crippen LogP contribution in [0.2, 0.25) is 0 Å². The molecule has 144 valence electrons. The highest BCUT2D eigenvalue weighted by atomic mass is 16.5. The van der Waals surface area contributed by atoms with Crippen molar-refractivity contribution in [2.24, 2.45) is 5.92 Å². The van der Waals surface area contributed by atoms with Gasteiger partial charge in [-0.3, -0.25) is 9.69 Å². The largest absolute Gasteiger partial charge is 0.493 e. The number of hydrogen-bond donors (Lipinski definition) is 1. The maximum atomic E-state index is 12.8. The van der Waals surface area contributed by atoms with Crippen LogP contribution in [0.1, 0.15) is 37.4 Å². The number of fused-ring (bicyclic) bond motifs is 3. The first-order valence-corrected chi connectivity index (χ1v) is 9.49. The third-order valence-corrected chi connectivity index (χ3v) is 5.87. The number of methoxy groups -OCH3 is 2. The van der Waals surface area contributed by atoms with Gasteiger partial charge in [-0.2, -0.15) is 0 Å². The summed E-state index contributed by atoms with van der Waals surface area (Å²) in [4.78, 5) is 16.9. The quantitative estimate of drug-likeness (QED) is 0.866. The van der Waals surface area contributed by atoms with Gasteiger partial charge in [-0.25, -0.2) is 0 Å². The van der Waals surface area contributed by atoms with Crippen molar-refractivity contribution < 1.29 is 19.4 Å². The maximum Gasteiger partial charge on any atom is 0.229 e. The molecule has 1 N–H and O–H groups in total. The number of hydrogen-bond acceptors (Lipinski definition) is 5. The van der Waals surface area contributed by atoms with Crippen molar-refractivity contribution in [2.75, 3.05) is 40.4 Å². The van der Waals surface area contributed by atoms with Crippen LogP contribution in [-0.4, -0.2) is 67.3 Å². The fourth-order valence-electron chi connectivity index (χ4n) is 4.35. The molecule has 26 heavy (non-hydrogen) atoms. The Balaban J connectivity index is 1.85. The summed E-state index contributed by atoms with van der Waals surface area (Å²) in [6, 6.07) is 4.20. The highest BCUT2D eigenvalue weighted by Gasteiger charge is 2.42. The van der Waals surface area contributed by atoms with E-state index in [1.165, 1.54) is 11.1 Å². The van der Waals surface area contributed by atoms with Crippen LogP contribution in [0, 0.1) is 5.92 Å². The second kappa shape index (κ2) is 7.84. The molecule has 1 aromatic carbocycles. The second-order valence-corrected chi connectivity index (χ2v) is 7.09. The molecule has 1 fully saturated rings. The van der Waals surface area contributed by atoms with Crippen molar-refractivity contribution in [3.05, 3.63) is 23.3 Å². The van der Waals surface area contributed by atoms with E-state index in [1.807, 2.05) is 30.9 Å². The number of ether oxygens (including phenoxy) is 2. The Bertz CT molecular complexity index is 659. The van der Waals surface area contributed by atoms with Gasteiger partial charge >= 0.3 is 0 Å². The molecule has 0 spiro atoms. The van der Waals surface area contributed by atoms with Gasteiger partial charge in [0.05, 0.1) is 26.2 Å². The lowest BCUT2D eigenvalue weighted by Crippen LogP contribution is -2.53. The number of aliphatic hydroxyl groups excluding tert-OH is 1. The normalized spacial score (nSPS) is 25.2. The Morgan fingerprint density at radius 1 is 1.23 bits per heavy atom. The molecule has 2 heterocycles. The number of rotatable bonds is 5. The van der Waals surface area contributed by atoms with E-state index in [-0.39, 0.29) is 17.9 Å². The number of nitrogens with zero attached hydrogens (tertiary/aromatic N) is 2. The molecule has 2 aliphatic heterocycles. The zero-order chi connectivity index (χ0) is 18.8. The van der Waals surface area contributed by atoms with Crippen LogP contribution in [0.15, 0.2) is 12.1 Å². The standard InChI is InChI=1S/C20H30N2O4/c1-5-21(6-2)20(24)15-12-22-8-7-13-9-18(25-3)19(26-4)10-14(13)16(22)11-17(15)23/h9-10,15-17,23H,5-8,11-12H2,1-4H3/t15-,16-,17-/m1/s1. The van der Waals surface area contributed by atoms with E-state index in [0.29, 0.717) is 31.8 Å². The molecule has 0 aliphatic carbocycles. The maximum absolute atomic E-state index is 12.8. The minimum absolute atomic E-state index is 0.0686. The van der Waals surface area contributed by atoms with Crippen molar-refractivity contribution in [3.63, 3.8) is 0 Å². The van der Waals surface area contributed by atoms with Gasteiger partial charge in [-0.1, -0.05) is 0 Å². The topological polar surface area (TPSA) is 62.2 Å². The van der Waals surface area contributed by atoms with E-state index in [9.17, 15) is 9.90 Å².